The smallest absolute Gasteiger partial charge is 0.166 e. The molecule has 0 aliphatic rings. The van der Waals surface area contributed by atoms with Crippen molar-refractivity contribution < 1.29 is 20.4 Å². The van der Waals surface area contributed by atoms with Gasteiger partial charge in [0.05, 0.1) is 0 Å². The molecule has 212 valence electrons. The first kappa shape index (κ1) is 26.9. The van der Waals surface area contributed by atoms with Crippen LogP contribution >= 0.6 is 0 Å². The van der Waals surface area contributed by atoms with E-state index in [1.54, 1.807) is 18.2 Å². The monoisotopic (exact) mass is 572 g/mol. The van der Waals surface area contributed by atoms with Gasteiger partial charge in [0, 0.05) is 16.3 Å². The maximum absolute atomic E-state index is 10.5. The fourth-order valence-electron chi connectivity index (χ4n) is 6.07. The number of fused-ring (bicyclic) bond motifs is 4. The van der Waals surface area contributed by atoms with Gasteiger partial charge in [-0.2, -0.15) is 0 Å². The van der Waals surface area contributed by atoms with Crippen LogP contribution in [0.2, 0.25) is 0 Å². The molecule has 8 aromatic rings. The summed E-state index contributed by atoms with van der Waals surface area (Å²) in [4.78, 5) is 0. The van der Waals surface area contributed by atoms with E-state index in [-0.39, 0.29) is 23.0 Å². The van der Waals surface area contributed by atoms with E-state index in [2.05, 4.69) is 0 Å². The van der Waals surface area contributed by atoms with Crippen molar-refractivity contribution >= 4 is 43.1 Å². The quantitative estimate of drug-likeness (QED) is 0.155. The molecule has 8 rings (SSSR count). The molecule has 0 saturated carbocycles. The summed E-state index contributed by atoms with van der Waals surface area (Å²) in [5.41, 5.74) is 3.68. The molecule has 0 radical (unpaired) electrons. The van der Waals surface area contributed by atoms with Gasteiger partial charge in [0.25, 0.3) is 0 Å². The first-order valence-corrected chi connectivity index (χ1v) is 14.3. The van der Waals surface area contributed by atoms with Crippen LogP contribution in [-0.4, -0.2) is 20.4 Å². The lowest BCUT2D eigenvalue weighted by Crippen LogP contribution is -1.86. The van der Waals surface area contributed by atoms with E-state index < -0.39 is 0 Å². The second-order valence-electron chi connectivity index (χ2n) is 10.7. The SMILES string of the molecule is Oc1cc2ccccc2c(-c2cccc3ccccc23)c1O.Oc1ccc(-c2ccc(O)c3ccccc23)c2ccccc12. The highest BCUT2D eigenvalue weighted by Crippen LogP contribution is 2.44. The normalized spacial score (nSPS) is 11.1. The number of phenolic OH excluding ortho intramolecular Hbond substituents is 4. The van der Waals surface area contributed by atoms with Crippen molar-refractivity contribution in [3.8, 4) is 45.3 Å². The van der Waals surface area contributed by atoms with E-state index in [0.717, 1.165) is 59.8 Å². The molecule has 0 bridgehead atoms. The molecule has 4 heteroatoms. The predicted molar refractivity (Wildman–Crippen MR) is 180 cm³/mol. The van der Waals surface area contributed by atoms with Crippen LogP contribution in [0.3, 0.4) is 0 Å². The molecule has 4 N–H and O–H groups in total. The molecule has 0 amide bonds. The molecule has 0 atom stereocenters. The number of hydrogen-bond donors (Lipinski definition) is 4. The van der Waals surface area contributed by atoms with Crippen LogP contribution in [0, 0.1) is 0 Å². The third-order valence-electron chi connectivity index (χ3n) is 8.15. The second kappa shape index (κ2) is 11.0. The topological polar surface area (TPSA) is 80.9 Å². The minimum Gasteiger partial charge on any atom is -0.507 e. The first-order valence-electron chi connectivity index (χ1n) is 14.3. The molecule has 0 fully saturated rings. The summed E-state index contributed by atoms with van der Waals surface area (Å²) in [6.45, 7) is 0. The summed E-state index contributed by atoms with van der Waals surface area (Å²) in [7, 11) is 0. The Morgan fingerprint density at radius 3 is 1.34 bits per heavy atom. The maximum Gasteiger partial charge on any atom is 0.166 e. The van der Waals surface area contributed by atoms with Crippen molar-refractivity contribution in [2.45, 2.75) is 0 Å². The Morgan fingerprint density at radius 2 is 0.750 bits per heavy atom. The molecule has 0 saturated heterocycles. The Kier molecular flexibility index (Phi) is 6.72. The average molecular weight is 573 g/mol. The van der Waals surface area contributed by atoms with Gasteiger partial charge in [-0.3, -0.25) is 0 Å². The van der Waals surface area contributed by atoms with Crippen molar-refractivity contribution in [2.24, 2.45) is 0 Å². The van der Waals surface area contributed by atoms with Crippen molar-refractivity contribution in [3.05, 3.63) is 146 Å². The number of rotatable bonds is 2. The number of hydrogen-bond acceptors (Lipinski definition) is 4. The highest BCUT2D eigenvalue weighted by Gasteiger charge is 2.16. The van der Waals surface area contributed by atoms with E-state index in [1.807, 2.05) is 127 Å². The summed E-state index contributed by atoms with van der Waals surface area (Å²) >= 11 is 0. The molecule has 0 heterocycles. The minimum absolute atomic E-state index is 0.0740. The van der Waals surface area contributed by atoms with Gasteiger partial charge in [-0.05, 0) is 67.2 Å². The van der Waals surface area contributed by atoms with Crippen LogP contribution in [-0.2, 0) is 0 Å². The van der Waals surface area contributed by atoms with Crippen LogP contribution in [0.4, 0.5) is 0 Å². The van der Waals surface area contributed by atoms with Crippen LogP contribution in [0.1, 0.15) is 0 Å². The highest BCUT2D eigenvalue weighted by atomic mass is 16.3. The molecule has 44 heavy (non-hydrogen) atoms. The largest absolute Gasteiger partial charge is 0.507 e. The molecule has 8 aromatic carbocycles. The summed E-state index contributed by atoms with van der Waals surface area (Å²) in [5.74, 6) is 0.390. The van der Waals surface area contributed by atoms with Crippen molar-refractivity contribution in [1.82, 2.24) is 0 Å². The summed E-state index contributed by atoms with van der Waals surface area (Å²) in [5, 5.41) is 48.3. The Morgan fingerprint density at radius 1 is 0.295 bits per heavy atom. The van der Waals surface area contributed by atoms with Gasteiger partial charge in [0.1, 0.15) is 11.5 Å². The fourth-order valence-corrected chi connectivity index (χ4v) is 6.07. The van der Waals surface area contributed by atoms with E-state index >= 15 is 0 Å². The first-order chi connectivity index (χ1) is 21.5. The summed E-state index contributed by atoms with van der Waals surface area (Å²) < 4.78 is 0. The molecule has 4 nitrogen and oxygen atoms in total. The van der Waals surface area contributed by atoms with Crippen LogP contribution < -0.4 is 0 Å². The number of aromatic hydroxyl groups is 4. The lowest BCUT2D eigenvalue weighted by molar-refractivity contribution is 0.406. The number of benzene rings is 8. The minimum atomic E-state index is -0.0957. The Balaban J connectivity index is 0.000000142. The average Bonchev–Trinajstić information content (AvgIpc) is 3.07. The Labute approximate surface area is 254 Å². The lowest BCUT2D eigenvalue weighted by Gasteiger charge is -2.13. The van der Waals surface area contributed by atoms with Gasteiger partial charge in [-0.25, -0.2) is 0 Å². The molecule has 0 unspecified atom stereocenters. The van der Waals surface area contributed by atoms with Gasteiger partial charge in [-0.1, -0.05) is 127 Å². The molecule has 0 aliphatic heterocycles. The van der Waals surface area contributed by atoms with Crippen LogP contribution in [0.25, 0.3) is 65.3 Å². The molecule has 0 aromatic heterocycles. The van der Waals surface area contributed by atoms with E-state index in [1.165, 1.54) is 0 Å². The third kappa shape index (κ3) is 4.59. The summed E-state index contributed by atoms with van der Waals surface area (Å²) in [6, 6.07) is 46.3. The fraction of sp³-hybridized carbons (Fsp3) is 0. The highest BCUT2D eigenvalue weighted by molar-refractivity contribution is 6.09. The third-order valence-corrected chi connectivity index (χ3v) is 8.15. The van der Waals surface area contributed by atoms with Crippen molar-refractivity contribution in [1.29, 1.82) is 0 Å². The predicted octanol–water partition coefficient (Wildman–Crippen LogP) is 10.1. The zero-order chi connectivity index (χ0) is 30.2. The summed E-state index contributed by atoms with van der Waals surface area (Å²) in [6.07, 6.45) is 0. The van der Waals surface area contributed by atoms with Gasteiger partial charge in [0.2, 0.25) is 0 Å². The maximum atomic E-state index is 10.5. The number of phenols is 4. The zero-order valence-corrected chi connectivity index (χ0v) is 23.6. The van der Waals surface area contributed by atoms with E-state index in [9.17, 15) is 20.4 Å². The van der Waals surface area contributed by atoms with Gasteiger partial charge >= 0.3 is 0 Å². The Hall–Kier alpha value is -6.00. The van der Waals surface area contributed by atoms with E-state index in [0.29, 0.717) is 5.56 Å². The van der Waals surface area contributed by atoms with Crippen molar-refractivity contribution in [2.75, 3.05) is 0 Å². The van der Waals surface area contributed by atoms with Crippen molar-refractivity contribution in [3.63, 3.8) is 0 Å². The molecular formula is C40H28O4. The molecule has 0 spiro atoms. The zero-order valence-electron chi connectivity index (χ0n) is 23.6. The van der Waals surface area contributed by atoms with Crippen LogP contribution in [0.5, 0.6) is 23.0 Å². The van der Waals surface area contributed by atoms with Gasteiger partial charge in [-0.15, -0.1) is 0 Å². The molecule has 0 aliphatic carbocycles. The van der Waals surface area contributed by atoms with Gasteiger partial charge in [0.15, 0.2) is 11.5 Å². The van der Waals surface area contributed by atoms with Crippen LogP contribution in [0.15, 0.2) is 146 Å². The lowest BCUT2D eigenvalue weighted by atomic mass is 9.93. The molecular weight excluding hydrogens is 544 g/mol. The Bertz CT molecular complexity index is 2250. The van der Waals surface area contributed by atoms with Gasteiger partial charge < -0.3 is 20.4 Å². The standard InChI is InChI=1S/2C20H14O2/c21-18-12-14-7-2-4-10-16(14)19(20(18)22)17-11-5-8-13-6-1-3-9-15(13)17;21-19-11-9-15(13-5-1-3-7-17(13)19)16-10-12-20(22)18-8-4-2-6-14(16)18/h2*1-12,21-22H. The second-order valence-corrected chi connectivity index (χ2v) is 10.7. The van der Waals surface area contributed by atoms with E-state index in [4.69, 9.17) is 0 Å².